The zero-order valence-corrected chi connectivity index (χ0v) is 13.5. The lowest BCUT2D eigenvalue weighted by Gasteiger charge is -2.40. The fourth-order valence-electron chi connectivity index (χ4n) is 3.41. The molecule has 1 amide bonds. The van der Waals surface area contributed by atoms with Crippen molar-refractivity contribution in [3.05, 3.63) is 42.0 Å². The molecule has 23 heavy (non-hydrogen) atoms. The Morgan fingerprint density at radius 3 is 2.52 bits per heavy atom. The van der Waals surface area contributed by atoms with E-state index in [4.69, 9.17) is 0 Å². The van der Waals surface area contributed by atoms with Crippen LogP contribution in [0.15, 0.2) is 36.4 Å². The van der Waals surface area contributed by atoms with Crippen molar-refractivity contribution in [2.75, 3.05) is 19.7 Å². The number of amides is 1. The molecule has 0 saturated carbocycles. The number of phenols is 1. The molecule has 1 saturated heterocycles. The van der Waals surface area contributed by atoms with Crippen molar-refractivity contribution < 1.29 is 15.0 Å². The molecule has 3 rings (SSSR count). The summed E-state index contributed by atoms with van der Waals surface area (Å²) in [6.07, 6.45) is 2.53. The third kappa shape index (κ3) is 2.79. The maximum atomic E-state index is 12.8. The van der Waals surface area contributed by atoms with Crippen molar-refractivity contribution in [1.82, 2.24) is 4.90 Å². The van der Waals surface area contributed by atoms with E-state index in [2.05, 4.69) is 6.92 Å². The maximum absolute atomic E-state index is 12.8. The molecule has 1 heterocycles. The van der Waals surface area contributed by atoms with E-state index in [1.165, 1.54) is 0 Å². The van der Waals surface area contributed by atoms with Crippen molar-refractivity contribution in [3.63, 3.8) is 0 Å². The molecule has 4 nitrogen and oxygen atoms in total. The number of rotatable bonds is 3. The Morgan fingerprint density at radius 2 is 1.87 bits per heavy atom. The fraction of sp³-hybridized carbons (Fsp3) is 0.421. The van der Waals surface area contributed by atoms with Crippen molar-refractivity contribution in [3.8, 4) is 5.75 Å². The average molecular weight is 313 g/mol. The summed E-state index contributed by atoms with van der Waals surface area (Å²) in [5.74, 6) is -0.0708. The molecule has 2 aromatic rings. The number of aliphatic hydroxyl groups excluding tert-OH is 1. The molecule has 122 valence electrons. The first-order chi connectivity index (χ1) is 11.1. The van der Waals surface area contributed by atoms with E-state index in [0.29, 0.717) is 24.0 Å². The van der Waals surface area contributed by atoms with Crippen molar-refractivity contribution in [2.24, 2.45) is 5.41 Å². The number of likely N-dealkylation sites (tertiary alicyclic amines) is 1. The van der Waals surface area contributed by atoms with Gasteiger partial charge in [0, 0.05) is 25.1 Å². The second-order valence-corrected chi connectivity index (χ2v) is 6.49. The van der Waals surface area contributed by atoms with Gasteiger partial charge >= 0.3 is 0 Å². The van der Waals surface area contributed by atoms with Gasteiger partial charge in [0.1, 0.15) is 5.75 Å². The van der Waals surface area contributed by atoms with Gasteiger partial charge in [-0.3, -0.25) is 4.79 Å². The molecular weight excluding hydrogens is 290 g/mol. The quantitative estimate of drug-likeness (QED) is 0.915. The molecule has 0 aromatic heterocycles. The first-order valence-electron chi connectivity index (χ1n) is 8.21. The number of carbonyl (C=O) groups excluding carboxylic acids is 1. The second-order valence-electron chi connectivity index (χ2n) is 6.49. The van der Waals surface area contributed by atoms with E-state index >= 15 is 0 Å². The molecule has 1 aliphatic heterocycles. The SMILES string of the molecule is CCC1(CO)CCN(C(=O)c2ccc3ccccc3c2O)CC1. The highest BCUT2D eigenvalue weighted by Crippen LogP contribution is 2.36. The molecule has 0 bridgehead atoms. The van der Waals surface area contributed by atoms with Crippen LogP contribution >= 0.6 is 0 Å². The number of hydrogen-bond donors (Lipinski definition) is 2. The highest BCUT2D eigenvalue weighted by molar-refractivity contribution is 6.03. The summed E-state index contributed by atoms with van der Waals surface area (Å²) in [6, 6.07) is 11.1. The Balaban J connectivity index is 1.83. The minimum absolute atomic E-state index is 0.0534. The van der Waals surface area contributed by atoms with Gasteiger partial charge in [0.25, 0.3) is 5.91 Å². The second kappa shape index (κ2) is 6.20. The van der Waals surface area contributed by atoms with Crippen LogP contribution in [-0.2, 0) is 0 Å². The first kappa shape index (κ1) is 15.8. The molecule has 0 radical (unpaired) electrons. The van der Waals surface area contributed by atoms with Gasteiger partial charge in [-0.1, -0.05) is 37.3 Å². The van der Waals surface area contributed by atoms with E-state index in [-0.39, 0.29) is 23.7 Å². The van der Waals surface area contributed by atoms with Gasteiger partial charge in [-0.25, -0.2) is 0 Å². The molecule has 4 heteroatoms. The monoisotopic (exact) mass is 313 g/mol. The minimum atomic E-state index is -0.129. The highest BCUT2D eigenvalue weighted by atomic mass is 16.3. The molecule has 0 unspecified atom stereocenters. The Kier molecular flexibility index (Phi) is 4.26. The number of nitrogens with zero attached hydrogens (tertiary/aromatic N) is 1. The van der Waals surface area contributed by atoms with Crippen LogP contribution in [0.4, 0.5) is 0 Å². The standard InChI is InChI=1S/C19H23NO3/c1-2-19(13-21)9-11-20(12-10-19)18(23)16-8-7-14-5-3-4-6-15(14)17(16)22/h3-8,21-22H,2,9-13H2,1H3. The Bertz CT molecular complexity index is 712. The van der Waals surface area contributed by atoms with Crippen molar-refractivity contribution in [1.29, 1.82) is 0 Å². The third-order valence-corrected chi connectivity index (χ3v) is 5.33. The number of aromatic hydroxyl groups is 1. The number of fused-ring (bicyclic) bond motifs is 1. The van der Waals surface area contributed by atoms with Gasteiger partial charge in [-0.05, 0) is 36.1 Å². The number of carbonyl (C=O) groups is 1. The van der Waals surface area contributed by atoms with Crippen molar-refractivity contribution >= 4 is 16.7 Å². The van der Waals surface area contributed by atoms with E-state index in [1.807, 2.05) is 30.3 Å². The van der Waals surface area contributed by atoms with Crippen molar-refractivity contribution in [2.45, 2.75) is 26.2 Å². The highest BCUT2D eigenvalue weighted by Gasteiger charge is 2.34. The average Bonchev–Trinajstić information content (AvgIpc) is 2.62. The largest absolute Gasteiger partial charge is 0.506 e. The summed E-state index contributed by atoms with van der Waals surface area (Å²) in [5.41, 5.74) is 0.305. The number of aliphatic hydroxyl groups is 1. The van der Waals surface area contributed by atoms with Gasteiger partial charge in [0.15, 0.2) is 0 Å². The van der Waals surface area contributed by atoms with Crippen LogP contribution in [0.1, 0.15) is 36.5 Å². The van der Waals surface area contributed by atoms with Crippen LogP contribution in [0.5, 0.6) is 5.75 Å². The predicted molar refractivity (Wildman–Crippen MR) is 90.6 cm³/mol. The first-order valence-corrected chi connectivity index (χ1v) is 8.21. The molecular formula is C19H23NO3. The van der Waals surface area contributed by atoms with E-state index in [0.717, 1.165) is 24.6 Å². The predicted octanol–water partition coefficient (Wildman–Crippen LogP) is 3.17. The van der Waals surface area contributed by atoms with E-state index in [1.54, 1.807) is 11.0 Å². The maximum Gasteiger partial charge on any atom is 0.257 e. The Hall–Kier alpha value is -2.07. The van der Waals surface area contributed by atoms with Gasteiger partial charge in [0.05, 0.1) is 5.56 Å². The molecule has 2 N–H and O–H groups in total. The van der Waals surface area contributed by atoms with Crippen LogP contribution in [0.25, 0.3) is 10.8 Å². The molecule has 1 fully saturated rings. The van der Waals surface area contributed by atoms with Gasteiger partial charge in [-0.15, -0.1) is 0 Å². The summed E-state index contributed by atoms with van der Waals surface area (Å²) in [4.78, 5) is 14.5. The van der Waals surface area contributed by atoms with Crippen LogP contribution in [0, 0.1) is 5.41 Å². The van der Waals surface area contributed by atoms with Crippen LogP contribution < -0.4 is 0 Å². The lowest BCUT2D eigenvalue weighted by molar-refractivity contribution is 0.0336. The minimum Gasteiger partial charge on any atom is -0.506 e. The number of benzene rings is 2. The zero-order chi connectivity index (χ0) is 16.4. The van der Waals surface area contributed by atoms with Gasteiger partial charge in [0.2, 0.25) is 0 Å². The van der Waals surface area contributed by atoms with Crippen LogP contribution in [-0.4, -0.2) is 40.7 Å². The van der Waals surface area contributed by atoms with Gasteiger partial charge in [-0.2, -0.15) is 0 Å². The molecule has 0 spiro atoms. The van der Waals surface area contributed by atoms with E-state index < -0.39 is 0 Å². The van der Waals surface area contributed by atoms with Gasteiger partial charge < -0.3 is 15.1 Å². The fourth-order valence-corrected chi connectivity index (χ4v) is 3.41. The summed E-state index contributed by atoms with van der Waals surface area (Å²) >= 11 is 0. The zero-order valence-electron chi connectivity index (χ0n) is 13.5. The Labute approximate surface area is 136 Å². The Morgan fingerprint density at radius 1 is 1.17 bits per heavy atom. The lowest BCUT2D eigenvalue weighted by atomic mass is 9.77. The smallest absolute Gasteiger partial charge is 0.257 e. The topological polar surface area (TPSA) is 60.8 Å². The molecule has 2 aromatic carbocycles. The number of piperidine rings is 1. The van der Waals surface area contributed by atoms with E-state index in [9.17, 15) is 15.0 Å². The molecule has 0 aliphatic carbocycles. The third-order valence-electron chi connectivity index (χ3n) is 5.33. The normalized spacial score (nSPS) is 17.4. The molecule has 1 aliphatic rings. The lowest BCUT2D eigenvalue weighted by Crippen LogP contribution is -2.44. The van der Waals surface area contributed by atoms with Crippen LogP contribution in [0.2, 0.25) is 0 Å². The summed E-state index contributed by atoms with van der Waals surface area (Å²) in [7, 11) is 0. The summed E-state index contributed by atoms with van der Waals surface area (Å²) < 4.78 is 0. The number of phenolic OH excluding ortho intramolecular Hbond substituents is 1. The molecule has 0 atom stereocenters. The number of hydrogen-bond acceptors (Lipinski definition) is 3. The summed E-state index contributed by atoms with van der Waals surface area (Å²) in [5, 5.41) is 21.7. The van der Waals surface area contributed by atoms with Crippen LogP contribution in [0.3, 0.4) is 0 Å². The summed E-state index contributed by atoms with van der Waals surface area (Å²) in [6.45, 7) is 3.51.